The number of carbonyl (C=O) groups is 2. The van der Waals surface area contributed by atoms with E-state index in [-0.39, 0.29) is 24.1 Å². The summed E-state index contributed by atoms with van der Waals surface area (Å²) in [5, 5.41) is 3.94. The zero-order valence-corrected chi connectivity index (χ0v) is 21.0. The second-order valence-corrected chi connectivity index (χ2v) is 10.4. The maximum Gasteiger partial charge on any atom is 0.243 e. The van der Waals surface area contributed by atoms with Crippen LogP contribution in [0.25, 0.3) is 0 Å². The Morgan fingerprint density at radius 1 is 1.06 bits per heavy atom. The van der Waals surface area contributed by atoms with Crippen LogP contribution in [0.3, 0.4) is 0 Å². The highest BCUT2D eigenvalue weighted by Crippen LogP contribution is 2.28. The van der Waals surface area contributed by atoms with Crippen molar-refractivity contribution in [2.24, 2.45) is 0 Å². The molecule has 0 heterocycles. The second kappa shape index (κ2) is 11.3. The number of amides is 2. The number of thioether (sulfide) groups is 1. The number of aryl methyl sites for hydroxylation is 1. The lowest BCUT2D eigenvalue weighted by Gasteiger charge is -2.33. The first-order valence-electron chi connectivity index (χ1n) is 10.3. The number of benzene rings is 2. The van der Waals surface area contributed by atoms with Gasteiger partial charge in [0, 0.05) is 32.6 Å². The van der Waals surface area contributed by atoms with E-state index < -0.39 is 11.6 Å². The highest BCUT2D eigenvalue weighted by atomic mass is 35.5. The molecule has 2 aromatic rings. The van der Waals surface area contributed by atoms with Gasteiger partial charge in [-0.1, -0.05) is 53.9 Å². The van der Waals surface area contributed by atoms with Crippen LogP contribution in [0.15, 0.2) is 47.4 Å². The van der Waals surface area contributed by atoms with Crippen LogP contribution in [0.5, 0.6) is 0 Å². The molecule has 1 atom stereocenters. The van der Waals surface area contributed by atoms with Crippen LogP contribution in [-0.4, -0.2) is 34.0 Å². The molecule has 1 N–H and O–H groups in total. The number of hydrogen-bond acceptors (Lipinski definition) is 3. The summed E-state index contributed by atoms with van der Waals surface area (Å²) in [5.74, 6) is -0.117. The van der Waals surface area contributed by atoms with E-state index in [0.29, 0.717) is 22.0 Å². The zero-order valence-electron chi connectivity index (χ0n) is 18.7. The molecule has 0 bridgehead atoms. The van der Waals surface area contributed by atoms with Crippen molar-refractivity contribution in [3.8, 4) is 0 Å². The van der Waals surface area contributed by atoms with Gasteiger partial charge in [-0.3, -0.25) is 9.59 Å². The molecule has 7 heteroatoms. The van der Waals surface area contributed by atoms with E-state index in [4.69, 9.17) is 23.2 Å². The summed E-state index contributed by atoms with van der Waals surface area (Å²) in [4.78, 5) is 28.9. The molecule has 0 aliphatic heterocycles. The molecule has 4 nitrogen and oxygen atoms in total. The molecule has 0 unspecified atom stereocenters. The van der Waals surface area contributed by atoms with Crippen LogP contribution in [0.2, 0.25) is 10.0 Å². The Kier molecular flexibility index (Phi) is 9.28. The van der Waals surface area contributed by atoms with Gasteiger partial charge in [0.2, 0.25) is 11.8 Å². The van der Waals surface area contributed by atoms with Crippen LogP contribution in [0, 0.1) is 6.92 Å². The summed E-state index contributed by atoms with van der Waals surface area (Å²) < 4.78 is 0. The lowest BCUT2D eigenvalue weighted by Crippen LogP contribution is -2.53. The Morgan fingerprint density at radius 2 is 1.65 bits per heavy atom. The summed E-state index contributed by atoms with van der Waals surface area (Å²) in [5.41, 5.74) is 1.40. The largest absolute Gasteiger partial charge is 0.350 e. The summed E-state index contributed by atoms with van der Waals surface area (Å²) in [7, 11) is 0. The van der Waals surface area contributed by atoms with Gasteiger partial charge in [0.25, 0.3) is 0 Å². The summed E-state index contributed by atoms with van der Waals surface area (Å²) >= 11 is 14.2. The molecular weight excluding hydrogens is 451 g/mol. The molecule has 0 aliphatic carbocycles. The van der Waals surface area contributed by atoms with Crippen molar-refractivity contribution in [2.45, 2.75) is 64.1 Å². The Morgan fingerprint density at radius 3 is 2.16 bits per heavy atom. The molecule has 2 rings (SSSR count). The highest BCUT2D eigenvalue weighted by Gasteiger charge is 2.31. The number of rotatable bonds is 8. The summed E-state index contributed by atoms with van der Waals surface area (Å²) in [6.45, 7) is 9.84. The van der Waals surface area contributed by atoms with E-state index in [0.717, 1.165) is 10.5 Å². The minimum atomic E-state index is -0.627. The average Bonchev–Trinajstić information content (AvgIpc) is 2.68. The van der Waals surface area contributed by atoms with Crippen LogP contribution in [-0.2, 0) is 16.1 Å². The van der Waals surface area contributed by atoms with Crippen LogP contribution < -0.4 is 5.32 Å². The van der Waals surface area contributed by atoms with Crippen molar-refractivity contribution < 1.29 is 9.59 Å². The molecule has 0 radical (unpaired) electrons. The number of hydrogen-bond donors (Lipinski definition) is 1. The molecule has 168 valence electrons. The lowest BCUT2D eigenvalue weighted by molar-refractivity contribution is -0.140. The van der Waals surface area contributed by atoms with Gasteiger partial charge >= 0.3 is 0 Å². The molecule has 31 heavy (non-hydrogen) atoms. The van der Waals surface area contributed by atoms with Crippen molar-refractivity contribution in [3.63, 3.8) is 0 Å². The van der Waals surface area contributed by atoms with Gasteiger partial charge in [-0.05, 0) is 58.4 Å². The molecule has 2 amide bonds. The average molecular weight is 481 g/mol. The predicted molar refractivity (Wildman–Crippen MR) is 131 cm³/mol. The fraction of sp³-hybridized carbons (Fsp3) is 0.417. The van der Waals surface area contributed by atoms with Crippen molar-refractivity contribution in [1.82, 2.24) is 10.2 Å². The fourth-order valence-electron chi connectivity index (χ4n) is 3.09. The molecule has 2 aromatic carbocycles. The van der Waals surface area contributed by atoms with Crippen LogP contribution in [0.4, 0.5) is 0 Å². The third kappa shape index (κ3) is 7.74. The minimum absolute atomic E-state index is 0.141. The Bertz CT molecular complexity index is 891. The first kappa shape index (κ1) is 25.6. The third-order valence-electron chi connectivity index (χ3n) is 4.66. The fourth-order valence-corrected chi connectivity index (χ4v) is 4.39. The second-order valence-electron chi connectivity index (χ2n) is 8.49. The highest BCUT2D eigenvalue weighted by molar-refractivity contribution is 8.00. The van der Waals surface area contributed by atoms with E-state index >= 15 is 0 Å². The molecule has 0 fully saturated rings. The Hall–Kier alpha value is -1.69. The molecule has 0 saturated carbocycles. The van der Waals surface area contributed by atoms with Crippen LogP contribution in [0.1, 0.15) is 45.2 Å². The third-order valence-corrected chi connectivity index (χ3v) is 6.36. The SMILES string of the molecule is CC[C@@H](C(=O)NC(C)(C)C)N(Cc1c(Cl)cccc1Cl)C(=O)CSc1ccc(C)cc1. The molecule has 0 aliphatic rings. The first-order valence-corrected chi connectivity index (χ1v) is 12.0. The normalized spacial score (nSPS) is 12.4. The van der Waals surface area contributed by atoms with Gasteiger partial charge in [-0.15, -0.1) is 11.8 Å². The van der Waals surface area contributed by atoms with Gasteiger partial charge in [-0.2, -0.15) is 0 Å². The molecule has 0 saturated heterocycles. The van der Waals surface area contributed by atoms with Crippen molar-refractivity contribution >= 4 is 46.8 Å². The lowest BCUT2D eigenvalue weighted by atomic mass is 10.1. The smallest absolute Gasteiger partial charge is 0.243 e. The van der Waals surface area contributed by atoms with Gasteiger partial charge in [-0.25, -0.2) is 0 Å². The topological polar surface area (TPSA) is 49.4 Å². The van der Waals surface area contributed by atoms with E-state index in [1.54, 1.807) is 23.1 Å². The van der Waals surface area contributed by atoms with Gasteiger partial charge < -0.3 is 10.2 Å². The monoisotopic (exact) mass is 480 g/mol. The molecule has 0 aromatic heterocycles. The summed E-state index contributed by atoms with van der Waals surface area (Å²) in [6.07, 6.45) is 0.477. The van der Waals surface area contributed by atoms with Crippen molar-refractivity contribution in [2.75, 3.05) is 5.75 Å². The van der Waals surface area contributed by atoms with Crippen molar-refractivity contribution in [3.05, 3.63) is 63.6 Å². The maximum atomic E-state index is 13.3. The van der Waals surface area contributed by atoms with E-state index in [1.807, 2.05) is 58.9 Å². The number of nitrogens with one attached hydrogen (secondary N) is 1. The summed E-state index contributed by atoms with van der Waals surface area (Å²) in [6, 6.07) is 12.6. The maximum absolute atomic E-state index is 13.3. The number of carbonyl (C=O) groups excluding carboxylic acids is 2. The molecular formula is C24H30Cl2N2O2S. The van der Waals surface area contributed by atoms with E-state index in [2.05, 4.69) is 5.32 Å². The van der Waals surface area contributed by atoms with Gasteiger partial charge in [0.1, 0.15) is 6.04 Å². The van der Waals surface area contributed by atoms with Gasteiger partial charge in [0.15, 0.2) is 0 Å². The first-order chi connectivity index (χ1) is 14.5. The molecule has 0 spiro atoms. The quantitative estimate of drug-likeness (QED) is 0.463. The zero-order chi connectivity index (χ0) is 23.2. The Balaban J connectivity index is 2.29. The number of halogens is 2. The number of nitrogens with zero attached hydrogens (tertiary/aromatic N) is 1. The van der Waals surface area contributed by atoms with E-state index in [1.165, 1.54) is 11.8 Å². The van der Waals surface area contributed by atoms with E-state index in [9.17, 15) is 9.59 Å². The predicted octanol–water partition coefficient (Wildman–Crippen LogP) is 6.12. The Labute approximate surface area is 199 Å². The van der Waals surface area contributed by atoms with Gasteiger partial charge in [0.05, 0.1) is 5.75 Å². The standard InChI is InChI=1S/C24H30Cl2N2O2S/c1-6-21(23(30)27-24(3,4)5)28(14-18-19(25)8-7-9-20(18)26)22(29)15-31-17-12-10-16(2)11-13-17/h7-13,21H,6,14-15H2,1-5H3,(H,27,30)/t21-/m0/s1. The van der Waals surface area contributed by atoms with Crippen molar-refractivity contribution in [1.29, 1.82) is 0 Å². The minimum Gasteiger partial charge on any atom is -0.350 e. The van der Waals surface area contributed by atoms with Crippen LogP contribution >= 0.6 is 35.0 Å².